The lowest BCUT2D eigenvalue weighted by Crippen LogP contribution is -2.52. The van der Waals surface area contributed by atoms with Gasteiger partial charge in [-0.1, -0.05) is 11.6 Å². The Hall–Kier alpha value is -2.66. The molecule has 0 unspecified atom stereocenters. The molecule has 2 atom stereocenters. The Kier molecular flexibility index (Phi) is 5.33. The molecule has 0 saturated carbocycles. The highest BCUT2D eigenvalue weighted by Gasteiger charge is 2.39. The van der Waals surface area contributed by atoms with E-state index in [0.29, 0.717) is 17.9 Å². The zero-order chi connectivity index (χ0) is 19.7. The van der Waals surface area contributed by atoms with E-state index >= 15 is 0 Å². The first-order valence-corrected chi connectivity index (χ1v) is 8.32. The number of anilines is 1. The monoisotopic (exact) mass is 402 g/mol. The van der Waals surface area contributed by atoms with Gasteiger partial charge in [-0.2, -0.15) is 0 Å². The van der Waals surface area contributed by atoms with E-state index in [2.05, 4.69) is 20.4 Å². The Balaban J connectivity index is 1.87. The van der Waals surface area contributed by atoms with E-state index in [4.69, 9.17) is 21.4 Å². The molecule has 1 saturated heterocycles. The molecule has 0 aromatic carbocycles. The first kappa shape index (κ1) is 19.1. The fourth-order valence-electron chi connectivity index (χ4n) is 3.00. The van der Waals surface area contributed by atoms with Crippen LogP contribution < -0.4 is 10.6 Å². The number of carbonyl (C=O) groups is 3. The molecule has 2 aliphatic rings. The number of halogens is 2. The van der Waals surface area contributed by atoms with Gasteiger partial charge in [0.05, 0.1) is 37.9 Å². The minimum absolute atomic E-state index is 0.144. The van der Waals surface area contributed by atoms with Gasteiger partial charge in [-0.3, -0.25) is 4.79 Å². The Labute approximate surface area is 157 Å². The predicted octanol–water partition coefficient (Wildman–Crippen LogP) is 1.43. The highest BCUT2D eigenvalue weighted by Crippen LogP contribution is 2.33. The number of methoxy groups -OCH3 is 1. The lowest BCUT2D eigenvalue weighted by molar-refractivity contribution is 0.0607. The molecule has 3 N–H and O–H groups in total. The topological polar surface area (TPSA) is 130 Å². The first-order valence-electron chi connectivity index (χ1n) is 7.95. The van der Waals surface area contributed by atoms with Crippen LogP contribution in [0.1, 0.15) is 22.3 Å². The van der Waals surface area contributed by atoms with Gasteiger partial charge in [-0.15, -0.1) is 0 Å². The van der Waals surface area contributed by atoms with Gasteiger partial charge >= 0.3 is 12.2 Å². The smallest absolute Gasteiger partial charge is 0.414 e. The molecule has 0 spiro atoms. The van der Waals surface area contributed by atoms with Gasteiger partial charge in [0.25, 0.3) is 5.91 Å². The lowest BCUT2D eigenvalue weighted by Gasteiger charge is -2.32. The van der Waals surface area contributed by atoms with Crippen LogP contribution in [-0.2, 0) is 16.0 Å². The van der Waals surface area contributed by atoms with Gasteiger partial charge in [-0.05, 0) is 6.42 Å². The first-order chi connectivity index (χ1) is 12.8. The number of imide groups is 1. The maximum atomic E-state index is 14.9. The maximum Gasteiger partial charge on any atom is 0.414 e. The van der Waals surface area contributed by atoms with Crippen molar-refractivity contribution in [1.82, 2.24) is 15.2 Å². The van der Waals surface area contributed by atoms with Crippen LogP contribution in [0.2, 0.25) is 5.15 Å². The minimum Gasteiger partial charge on any atom is -0.465 e. The van der Waals surface area contributed by atoms with Gasteiger partial charge in [0.15, 0.2) is 11.6 Å². The third-order valence-corrected chi connectivity index (χ3v) is 4.64. The van der Waals surface area contributed by atoms with Crippen LogP contribution in [0.25, 0.3) is 0 Å². The number of pyridine rings is 1. The Bertz CT molecular complexity index is 807. The van der Waals surface area contributed by atoms with Crippen molar-refractivity contribution in [1.29, 1.82) is 0 Å². The number of ether oxygens (including phenoxy) is 2. The van der Waals surface area contributed by atoms with E-state index < -0.39 is 42.5 Å². The molecule has 27 heavy (non-hydrogen) atoms. The molecule has 10 nitrogen and oxygen atoms in total. The van der Waals surface area contributed by atoms with Crippen LogP contribution >= 0.6 is 11.6 Å². The number of hydrogen-bond donors (Lipinski definition) is 3. The quantitative estimate of drug-likeness (QED) is 0.647. The number of rotatable bonds is 3. The van der Waals surface area contributed by atoms with Crippen molar-refractivity contribution >= 4 is 35.5 Å². The standard InChI is InChI=1S/C15H16ClFN4O6/c1-26-14(23)19-8-5-27-3-2-7(8)18-12-10(17)6-4-21(15(24)25)13(22)9(6)11(16)20-12/h7-8H,2-5H2,1H3,(H,18,20)(H,19,23)(H,24,25)/t7-,8+/m1/s1. The average molecular weight is 403 g/mol. The summed E-state index contributed by atoms with van der Waals surface area (Å²) in [6.45, 7) is 0.102. The summed E-state index contributed by atoms with van der Waals surface area (Å²) < 4.78 is 24.7. The highest BCUT2D eigenvalue weighted by molar-refractivity contribution is 6.33. The predicted molar refractivity (Wildman–Crippen MR) is 89.3 cm³/mol. The van der Waals surface area contributed by atoms with Gasteiger partial charge in [0, 0.05) is 12.2 Å². The molecule has 0 bridgehead atoms. The van der Waals surface area contributed by atoms with Crippen molar-refractivity contribution < 1.29 is 33.4 Å². The molecular formula is C15H16ClFN4O6. The average Bonchev–Trinajstić information content (AvgIpc) is 2.99. The van der Waals surface area contributed by atoms with Crippen LogP contribution in [0, 0.1) is 5.82 Å². The lowest BCUT2D eigenvalue weighted by atomic mass is 10.0. The summed E-state index contributed by atoms with van der Waals surface area (Å²) in [6.07, 6.45) is -1.74. The summed E-state index contributed by atoms with van der Waals surface area (Å²) >= 11 is 6.00. The molecule has 12 heteroatoms. The van der Waals surface area contributed by atoms with Crippen LogP contribution in [0.4, 0.5) is 19.8 Å². The third-order valence-electron chi connectivity index (χ3n) is 4.36. The van der Waals surface area contributed by atoms with Crippen molar-refractivity contribution in [3.63, 3.8) is 0 Å². The number of alkyl carbamates (subject to hydrolysis) is 1. The van der Waals surface area contributed by atoms with Crippen LogP contribution in [0.3, 0.4) is 0 Å². The summed E-state index contributed by atoms with van der Waals surface area (Å²) in [6, 6.07) is -0.960. The fraction of sp³-hybridized carbons (Fsp3) is 0.467. The van der Waals surface area contributed by atoms with Crippen LogP contribution in [0.15, 0.2) is 0 Å². The second-order valence-electron chi connectivity index (χ2n) is 5.95. The van der Waals surface area contributed by atoms with Crippen molar-refractivity contribution in [2.75, 3.05) is 25.6 Å². The fourth-order valence-corrected chi connectivity index (χ4v) is 3.28. The summed E-state index contributed by atoms with van der Waals surface area (Å²) in [5.74, 6) is -2.02. The highest BCUT2D eigenvalue weighted by atomic mass is 35.5. The largest absolute Gasteiger partial charge is 0.465 e. The molecular weight excluding hydrogens is 387 g/mol. The van der Waals surface area contributed by atoms with Crippen LogP contribution in [0.5, 0.6) is 0 Å². The molecule has 1 aromatic rings. The molecule has 0 aliphatic carbocycles. The molecule has 3 amide bonds. The van der Waals surface area contributed by atoms with Gasteiger partial charge < -0.3 is 25.2 Å². The van der Waals surface area contributed by atoms with E-state index in [0.717, 1.165) is 0 Å². The van der Waals surface area contributed by atoms with Crippen molar-refractivity contribution in [3.8, 4) is 0 Å². The van der Waals surface area contributed by atoms with Gasteiger partial charge in [-0.25, -0.2) is 23.9 Å². The Morgan fingerprint density at radius 2 is 2.19 bits per heavy atom. The van der Waals surface area contributed by atoms with E-state index in [1.54, 1.807) is 0 Å². The van der Waals surface area contributed by atoms with Crippen molar-refractivity contribution in [2.45, 2.75) is 25.0 Å². The van der Waals surface area contributed by atoms with E-state index in [9.17, 15) is 18.8 Å². The maximum absolute atomic E-state index is 14.9. The summed E-state index contributed by atoms with van der Waals surface area (Å²) in [4.78, 5) is 39.0. The van der Waals surface area contributed by atoms with E-state index in [-0.39, 0.29) is 28.7 Å². The molecule has 2 aliphatic heterocycles. The molecule has 0 radical (unpaired) electrons. The van der Waals surface area contributed by atoms with Crippen molar-refractivity contribution in [2.24, 2.45) is 0 Å². The molecule has 146 valence electrons. The molecule has 1 fully saturated rings. The number of nitrogens with zero attached hydrogens (tertiary/aromatic N) is 2. The number of amides is 3. The number of carbonyl (C=O) groups excluding carboxylic acids is 2. The zero-order valence-electron chi connectivity index (χ0n) is 14.1. The van der Waals surface area contributed by atoms with E-state index in [1.165, 1.54) is 7.11 Å². The Morgan fingerprint density at radius 1 is 1.44 bits per heavy atom. The number of hydrogen-bond acceptors (Lipinski definition) is 7. The van der Waals surface area contributed by atoms with Crippen LogP contribution in [-0.4, -0.2) is 65.5 Å². The SMILES string of the molecule is COC(=O)N[C@H]1COCC[C@H]1Nc1nc(Cl)c2c(c1F)CN(C(=O)O)C2=O. The molecule has 3 rings (SSSR count). The van der Waals surface area contributed by atoms with Gasteiger partial charge in [0.2, 0.25) is 0 Å². The molecule has 1 aromatic heterocycles. The number of nitrogens with one attached hydrogen (secondary N) is 2. The van der Waals surface area contributed by atoms with Gasteiger partial charge in [0.1, 0.15) is 5.15 Å². The molecule has 3 heterocycles. The second-order valence-corrected chi connectivity index (χ2v) is 6.31. The number of fused-ring (bicyclic) bond motifs is 1. The third kappa shape index (κ3) is 3.60. The minimum atomic E-state index is -1.51. The second kappa shape index (κ2) is 7.53. The summed E-state index contributed by atoms with van der Waals surface area (Å²) in [5, 5.41) is 14.2. The number of carboxylic acid groups (broad SMARTS) is 1. The van der Waals surface area contributed by atoms with Crippen molar-refractivity contribution in [3.05, 3.63) is 22.1 Å². The van der Waals surface area contributed by atoms with E-state index in [1.807, 2.05) is 0 Å². The zero-order valence-corrected chi connectivity index (χ0v) is 14.9. The summed E-state index contributed by atoms with van der Waals surface area (Å²) in [5.41, 5.74) is -0.409. The Morgan fingerprint density at radius 3 is 2.85 bits per heavy atom. The number of aromatic nitrogens is 1. The summed E-state index contributed by atoms with van der Waals surface area (Å²) in [7, 11) is 1.22. The normalized spacial score (nSPS) is 21.6.